The highest BCUT2D eigenvalue weighted by atomic mass is 79.9. The summed E-state index contributed by atoms with van der Waals surface area (Å²) in [6.45, 7) is 0.0706. The van der Waals surface area contributed by atoms with Crippen molar-refractivity contribution >= 4 is 78.1 Å². The largest absolute Gasteiger partial charge is 0.458 e. The van der Waals surface area contributed by atoms with Gasteiger partial charge in [-0.05, 0) is 91.6 Å². The second kappa shape index (κ2) is 11.7. The molecular weight excluding hydrogens is 802 g/mol. The molecule has 2 nitrogen and oxygen atoms in total. The molecule has 8 aromatic rings. The first-order chi connectivity index (χ1) is 27.1. The fourth-order valence-corrected chi connectivity index (χ4v) is 10.9. The van der Waals surface area contributed by atoms with E-state index in [0.29, 0.717) is 0 Å². The van der Waals surface area contributed by atoms with E-state index in [1.807, 2.05) is 0 Å². The Bertz CT molecular complexity index is 2730. The Morgan fingerprint density at radius 2 is 0.782 bits per heavy atom. The lowest BCUT2D eigenvalue weighted by atomic mass is 9.35. The molecule has 0 saturated carbocycles. The van der Waals surface area contributed by atoms with Gasteiger partial charge in [-0.1, -0.05) is 176 Å². The summed E-state index contributed by atoms with van der Waals surface area (Å²) in [5.74, 6) is 3.67. The third-order valence-corrected chi connectivity index (χ3v) is 13.3. The van der Waals surface area contributed by atoms with Gasteiger partial charge in [0.1, 0.15) is 23.0 Å². The predicted molar refractivity (Wildman–Crippen MR) is 233 cm³/mol. The molecule has 0 saturated heterocycles. The van der Waals surface area contributed by atoms with E-state index in [2.05, 4.69) is 202 Å². The van der Waals surface area contributed by atoms with Crippen molar-refractivity contribution in [1.29, 1.82) is 0 Å². The SMILES string of the molecule is Brc1ccc2c(c1)-c1c(ccc3c1Oc1ccccc1B3c1ccccc1)C21c2ccc(Br)cc2-c2c1ccc1c2Oc2ccccc2B1c1ccccc1. The van der Waals surface area contributed by atoms with Crippen LogP contribution in [0.5, 0.6) is 23.0 Å². The molecule has 2 aliphatic heterocycles. The molecule has 0 aromatic heterocycles. The van der Waals surface area contributed by atoms with Crippen molar-refractivity contribution < 1.29 is 9.47 Å². The molecule has 6 heteroatoms. The summed E-state index contributed by atoms with van der Waals surface area (Å²) in [4.78, 5) is 0. The van der Waals surface area contributed by atoms with Gasteiger partial charge in [-0.25, -0.2) is 0 Å². The highest BCUT2D eigenvalue weighted by Crippen LogP contribution is 2.66. The quantitative estimate of drug-likeness (QED) is 0.162. The van der Waals surface area contributed by atoms with Crippen molar-refractivity contribution in [2.24, 2.45) is 0 Å². The van der Waals surface area contributed by atoms with Crippen molar-refractivity contribution in [1.82, 2.24) is 0 Å². The number of ether oxygens (including phenoxy) is 2. The van der Waals surface area contributed by atoms with E-state index in [4.69, 9.17) is 9.47 Å². The van der Waals surface area contributed by atoms with Gasteiger partial charge in [-0.15, -0.1) is 0 Å². The number of halogens is 2. The molecule has 0 atom stereocenters. The summed E-state index contributed by atoms with van der Waals surface area (Å²) in [5, 5.41) is 0. The Kier molecular flexibility index (Phi) is 6.77. The van der Waals surface area contributed by atoms with E-state index in [1.54, 1.807) is 0 Å². The smallest absolute Gasteiger partial charge is 0.250 e. The fourth-order valence-electron chi connectivity index (χ4n) is 10.2. The number of hydrogen-bond donors (Lipinski definition) is 0. The van der Waals surface area contributed by atoms with E-state index < -0.39 is 5.41 Å². The van der Waals surface area contributed by atoms with Crippen LogP contribution in [0.25, 0.3) is 22.3 Å². The molecule has 1 spiro atoms. The average Bonchev–Trinajstić information content (AvgIpc) is 3.68. The molecule has 8 aromatic carbocycles. The normalized spacial score (nSPS) is 14.4. The van der Waals surface area contributed by atoms with Gasteiger partial charge >= 0.3 is 0 Å². The lowest BCUT2D eigenvalue weighted by Crippen LogP contribution is -2.55. The van der Waals surface area contributed by atoms with Crippen LogP contribution in [-0.4, -0.2) is 13.4 Å². The second-order valence-corrected chi connectivity index (χ2v) is 16.7. The number of para-hydroxylation sites is 2. The van der Waals surface area contributed by atoms with Crippen molar-refractivity contribution in [3.8, 4) is 45.3 Å². The van der Waals surface area contributed by atoms with Crippen molar-refractivity contribution in [2.75, 3.05) is 0 Å². The second-order valence-electron chi connectivity index (χ2n) is 14.9. The molecule has 0 unspecified atom stereocenters. The molecule has 12 rings (SSSR count). The van der Waals surface area contributed by atoms with E-state index >= 15 is 0 Å². The summed E-state index contributed by atoms with van der Waals surface area (Å²) in [6.07, 6.45) is 0. The van der Waals surface area contributed by atoms with Crippen molar-refractivity contribution in [3.05, 3.63) is 201 Å². The molecule has 2 aliphatic carbocycles. The monoisotopic (exact) mass is 828 g/mol. The third-order valence-electron chi connectivity index (χ3n) is 12.3. The zero-order valence-corrected chi connectivity index (χ0v) is 32.6. The van der Waals surface area contributed by atoms with Crippen molar-refractivity contribution in [2.45, 2.75) is 5.41 Å². The Balaban J connectivity index is 1.18. The Morgan fingerprint density at radius 1 is 0.382 bits per heavy atom. The fraction of sp³-hybridized carbons (Fsp3) is 0.0204. The average molecular weight is 830 g/mol. The number of benzene rings is 8. The van der Waals surface area contributed by atoms with Gasteiger partial charge in [-0.3, -0.25) is 0 Å². The summed E-state index contributed by atoms with van der Waals surface area (Å²) in [6, 6.07) is 61.7. The summed E-state index contributed by atoms with van der Waals surface area (Å²) >= 11 is 7.77. The highest BCUT2D eigenvalue weighted by molar-refractivity contribution is 9.10. The minimum absolute atomic E-state index is 0.0353. The van der Waals surface area contributed by atoms with Crippen LogP contribution in [-0.2, 0) is 5.41 Å². The van der Waals surface area contributed by atoms with Crippen LogP contribution >= 0.6 is 31.9 Å². The van der Waals surface area contributed by atoms with Crippen LogP contribution in [0.15, 0.2) is 179 Å². The summed E-state index contributed by atoms with van der Waals surface area (Å²) < 4.78 is 16.3. The molecule has 2 heterocycles. The predicted octanol–water partition coefficient (Wildman–Crippen LogP) is 8.80. The zero-order valence-electron chi connectivity index (χ0n) is 29.4. The van der Waals surface area contributed by atoms with Gasteiger partial charge in [0.15, 0.2) is 0 Å². The van der Waals surface area contributed by atoms with E-state index in [-0.39, 0.29) is 13.4 Å². The maximum Gasteiger partial charge on any atom is 0.250 e. The Morgan fingerprint density at radius 3 is 1.24 bits per heavy atom. The summed E-state index contributed by atoms with van der Waals surface area (Å²) in [5.41, 5.74) is 16.2. The van der Waals surface area contributed by atoms with Crippen LogP contribution in [0.3, 0.4) is 0 Å². The third kappa shape index (κ3) is 4.27. The van der Waals surface area contributed by atoms with Gasteiger partial charge in [0.05, 0.1) is 5.41 Å². The van der Waals surface area contributed by atoms with Gasteiger partial charge < -0.3 is 9.47 Å². The zero-order chi connectivity index (χ0) is 36.4. The van der Waals surface area contributed by atoms with Gasteiger partial charge in [0, 0.05) is 20.1 Å². The molecule has 0 N–H and O–H groups in total. The van der Waals surface area contributed by atoms with Gasteiger partial charge in [0.2, 0.25) is 0 Å². The standard InChI is InChI=1S/C49H28B2Br2O2/c52-31-19-21-35-33(27-31)45-37(23-25-41-47(45)54-43-17-9-7-15-39(43)50(41)29-11-3-1-4-12-29)49(35)36-22-20-32(53)28-34(36)46-38(49)24-26-42-48(46)55-44-18-10-8-16-40(44)51(42)30-13-5-2-6-14-30/h1-28H. The van der Waals surface area contributed by atoms with Crippen LogP contribution in [0, 0.1) is 0 Å². The van der Waals surface area contributed by atoms with E-state index in [0.717, 1.165) is 43.1 Å². The lowest BCUT2D eigenvalue weighted by Gasteiger charge is -2.33. The van der Waals surface area contributed by atoms with Crippen LogP contribution < -0.4 is 42.3 Å². The maximum absolute atomic E-state index is 7.11. The molecule has 0 fully saturated rings. The first-order valence-corrected chi connectivity index (χ1v) is 20.3. The van der Waals surface area contributed by atoms with Crippen LogP contribution in [0.1, 0.15) is 22.3 Å². The Hall–Kier alpha value is -5.55. The molecule has 4 aliphatic rings. The summed E-state index contributed by atoms with van der Waals surface area (Å²) in [7, 11) is 0. The Labute approximate surface area is 337 Å². The van der Waals surface area contributed by atoms with Crippen molar-refractivity contribution in [3.63, 3.8) is 0 Å². The number of fused-ring (bicyclic) bond motifs is 16. The van der Waals surface area contributed by atoms with Gasteiger partial charge in [0.25, 0.3) is 13.4 Å². The molecule has 55 heavy (non-hydrogen) atoms. The van der Waals surface area contributed by atoms with E-state index in [1.165, 1.54) is 66.2 Å². The minimum atomic E-state index is -0.605. The minimum Gasteiger partial charge on any atom is -0.458 e. The molecule has 0 amide bonds. The first-order valence-electron chi connectivity index (χ1n) is 18.7. The number of hydrogen-bond acceptors (Lipinski definition) is 2. The van der Waals surface area contributed by atoms with Crippen LogP contribution in [0.4, 0.5) is 0 Å². The highest BCUT2D eigenvalue weighted by Gasteiger charge is 2.55. The van der Waals surface area contributed by atoms with Crippen LogP contribution in [0.2, 0.25) is 0 Å². The maximum atomic E-state index is 7.11. The molecule has 0 bridgehead atoms. The molecule has 256 valence electrons. The molecular formula is C49H28B2Br2O2. The molecule has 0 radical (unpaired) electrons. The first kappa shape index (κ1) is 31.8. The lowest BCUT2D eigenvalue weighted by molar-refractivity contribution is 0.488. The van der Waals surface area contributed by atoms with E-state index in [9.17, 15) is 0 Å². The topological polar surface area (TPSA) is 18.5 Å². The number of rotatable bonds is 2. The van der Waals surface area contributed by atoms with Gasteiger partial charge in [-0.2, -0.15) is 0 Å².